The molecule has 0 aromatic heterocycles. The monoisotopic (exact) mass is 545 g/mol. The lowest BCUT2D eigenvalue weighted by Gasteiger charge is -2.31. The molecule has 10 heteroatoms. The number of ether oxygens (including phenoxy) is 1. The maximum absolute atomic E-state index is 15.6. The predicted molar refractivity (Wildman–Crippen MR) is 144 cm³/mol. The van der Waals surface area contributed by atoms with Crippen LogP contribution in [0.15, 0.2) is 42.5 Å². The van der Waals surface area contributed by atoms with Crippen LogP contribution in [0, 0.1) is 5.92 Å². The number of carbonyl (C=O) groups excluding carboxylic acids is 2. The zero-order valence-electron chi connectivity index (χ0n) is 21.3. The molecular formula is C27H33ClFN3O4Si. The van der Waals surface area contributed by atoms with Crippen molar-refractivity contribution in [3.05, 3.63) is 58.6 Å². The second-order valence-corrected chi connectivity index (χ2v) is 15.0. The van der Waals surface area contributed by atoms with E-state index in [1.165, 1.54) is 0 Å². The number of anilines is 2. The first-order valence-corrected chi connectivity index (χ1v) is 16.1. The van der Waals surface area contributed by atoms with Gasteiger partial charge in [-0.25, -0.2) is 0 Å². The molecule has 37 heavy (non-hydrogen) atoms. The Labute approximate surface area is 222 Å². The number of piperazine rings is 1. The highest BCUT2D eigenvalue weighted by Gasteiger charge is 2.66. The van der Waals surface area contributed by atoms with Crippen molar-refractivity contribution < 1.29 is 23.5 Å². The van der Waals surface area contributed by atoms with Crippen molar-refractivity contribution in [1.29, 1.82) is 0 Å². The summed E-state index contributed by atoms with van der Waals surface area (Å²) in [7, 11) is -3.26. The van der Waals surface area contributed by atoms with E-state index in [2.05, 4.69) is 5.32 Å². The van der Waals surface area contributed by atoms with Gasteiger partial charge in [0.25, 0.3) is 5.91 Å². The Morgan fingerprint density at radius 1 is 1.24 bits per heavy atom. The first-order chi connectivity index (χ1) is 17.6. The summed E-state index contributed by atoms with van der Waals surface area (Å²) in [5.41, 5.74) is 1.16. The molecule has 3 aliphatic heterocycles. The summed E-state index contributed by atoms with van der Waals surface area (Å²) in [5.74, 6) is -0.674. The van der Waals surface area contributed by atoms with Gasteiger partial charge in [0.15, 0.2) is 5.60 Å². The Hall–Kier alpha value is -2.30. The Morgan fingerprint density at radius 3 is 2.73 bits per heavy atom. The zero-order valence-corrected chi connectivity index (χ0v) is 23.1. The van der Waals surface area contributed by atoms with Crippen LogP contribution in [0.4, 0.5) is 15.5 Å². The summed E-state index contributed by atoms with van der Waals surface area (Å²) in [6.07, 6.45) is -0.300. The van der Waals surface area contributed by atoms with Crippen molar-refractivity contribution >= 4 is 43.2 Å². The molecule has 0 unspecified atom stereocenters. The molecule has 2 N–H and O–H groups in total. The number of rotatable bonds is 6. The maximum Gasteiger partial charge on any atom is 0.264 e. The molecule has 0 bridgehead atoms. The number of nitrogens with zero attached hydrogens (tertiary/aromatic N) is 2. The van der Waals surface area contributed by atoms with E-state index >= 15 is 4.11 Å². The smallest absolute Gasteiger partial charge is 0.264 e. The fourth-order valence-electron chi connectivity index (χ4n) is 6.46. The number of nitrogens with one attached hydrogen (secondary N) is 1. The lowest BCUT2D eigenvalue weighted by atomic mass is 9.82. The minimum Gasteiger partial charge on any atom is -0.396 e. The van der Waals surface area contributed by atoms with Gasteiger partial charge in [-0.2, -0.15) is 0 Å². The van der Waals surface area contributed by atoms with Gasteiger partial charge >= 0.3 is 0 Å². The number of hydrogen-bond acceptors (Lipinski definition) is 5. The van der Waals surface area contributed by atoms with Gasteiger partial charge in [0, 0.05) is 47.4 Å². The van der Waals surface area contributed by atoms with Gasteiger partial charge in [0.2, 0.25) is 14.3 Å². The second-order valence-electron chi connectivity index (χ2n) is 10.7. The number of fused-ring (bicyclic) bond motifs is 2. The fourth-order valence-corrected chi connectivity index (χ4v) is 9.17. The molecule has 0 saturated carbocycles. The quantitative estimate of drug-likeness (QED) is 0.424. The first kappa shape index (κ1) is 26.3. The molecule has 7 nitrogen and oxygen atoms in total. The average Bonchev–Trinajstić information content (AvgIpc) is 3.26. The molecule has 2 fully saturated rings. The third-order valence-electron chi connectivity index (χ3n) is 7.99. The summed E-state index contributed by atoms with van der Waals surface area (Å²) in [5, 5.41) is 13.2. The van der Waals surface area contributed by atoms with Gasteiger partial charge in [-0.05, 0) is 55.4 Å². The van der Waals surface area contributed by atoms with Crippen molar-refractivity contribution in [3.63, 3.8) is 0 Å². The number of benzene rings is 2. The van der Waals surface area contributed by atoms with E-state index in [1.807, 2.05) is 37.3 Å². The van der Waals surface area contributed by atoms with Crippen LogP contribution in [0.5, 0.6) is 0 Å². The molecule has 3 aliphatic rings. The molecule has 2 saturated heterocycles. The van der Waals surface area contributed by atoms with E-state index in [0.29, 0.717) is 29.4 Å². The Morgan fingerprint density at radius 2 is 2.03 bits per heavy atom. The van der Waals surface area contributed by atoms with E-state index in [4.69, 9.17) is 16.3 Å². The third kappa shape index (κ3) is 4.40. The van der Waals surface area contributed by atoms with E-state index < -0.39 is 31.6 Å². The standard InChI is InChI=1S/C27H33ClFN3O4Si/c1-17-25(37(2,3)29)23(9-12-33)36-27(17)21-14-19(28)7-8-22(21)32(26(27)35)16-18-5-4-6-20(13-18)31-11-10-30-15-24(31)34/h4-8,13-14,17,23,25,30,33H,9-12,15-16H2,1-3H3/t17-,23+,25-,27+/m0/s1. The van der Waals surface area contributed by atoms with Crippen molar-refractivity contribution in [1.82, 2.24) is 5.32 Å². The SMILES string of the molecule is C[C@H]1[C@H]([Si](C)(C)F)[C@@H](CCO)O[C@]12C(=O)N(Cc1cccc(N3CCNCC3=O)c1)c1ccc(Cl)cc12. The molecule has 4 atom stereocenters. The number of aliphatic hydroxyl groups is 1. The van der Waals surface area contributed by atoms with Crippen LogP contribution in [0.2, 0.25) is 23.7 Å². The predicted octanol–water partition coefficient (Wildman–Crippen LogP) is 3.98. The lowest BCUT2D eigenvalue weighted by Crippen LogP contribution is -2.48. The molecule has 1 spiro atoms. The third-order valence-corrected chi connectivity index (χ3v) is 10.7. The van der Waals surface area contributed by atoms with E-state index in [0.717, 1.165) is 17.8 Å². The van der Waals surface area contributed by atoms with Gasteiger partial charge in [0.1, 0.15) is 0 Å². The average molecular weight is 546 g/mol. The zero-order chi connectivity index (χ0) is 26.5. The number of halogens is 2. The van der Waals surface area contributed by atoms with E-state index in [9.17, 15) is 14.7 Å². The van der Waals surface area contributed by atoms with Crippen LogP contribution in [-0.2, 0) is 26.5 Å². The van der Waals surface area contributed by atoms with Gasteiger partial charge in [-0.3, -0.25) is 9.59 Å². The number of hydrogen-bond donors (Lipinski definition) is 2. The minimum absolute atomic E-state index is 0.00624. The van der Waals surface area contributed by atoms with E-state index in [1.54, 1.807) is 35.0 Å². The molecule has 2 aromatic rings. The molecule has 0 aliphatic carbocycles. The topological polar surface area (TPSA) is 82.1 Å². The summed E-state index contributed by atoms with van der Waals surface area (Å²) in [6.45, 7) is 6.88. The largest absolute Gasteiger partial charge is 0.396 e. The van der Waals surface area contributed by atoms with Crippen molar-refractivity contribution in [2.45, 2.75) is 50.2 Å². The maximum atomic E-state index is 15.6. The molecule has 2 amide bonds. The van der Waals surface area contributed by atoms with Crippen molar-refractivity contribution in [2.75, 3.05) is 36.0 Å². The Bertz CT molecular complexity index is 1220. The highest BCUT2D eigenvalue weighted by Crippen LogP contribution is 2.60. The Kier molecular flexibility index (Phi) is 6.95. The molecule has 0 radical (unpaired) electrons. The van der Waals surface area contributed by atoms with Gasteiger partial charge in [-0.1, -0.05) is 30.7 Å². The summed E-state index contributed by atoms with van der Waals surface area (Å²) < 4.78 is 22.1. The van der Waals surface area contributed by atoms with Crippen LogP contribution >= 0.6 is 11.6 Å². The summed E-state index contributed by atoms with van der Waals surface area (Å²) in [4.78, 5) is 30.2. The van der Waals surface area contributed by atoms with E-state index in [-0.39, 0.29) is 31.4 Å². The molecule has 198 valence electrons. The normalized spacial score (nSPS) is 27.9. The fraction of sp³-hybridized carbons (Fsp3) is 0.481. The van der Waals surface area contributed by atoms with Crippen LogP contribution in [0.25, 0.3) is 0 Å². The highest BCUT2D eigenvalue weighted by molar-refractivity contribution is 6.72. The van der Waals surface area contributed by atoms with Crippen LogP contribution < -0.4 is 15.1 Å². The van der Waals surface area contributed by atoms with Gasteiger partial charge in [-0.15, -0.1) is 0 Å². The van der Waals surface area contributed by atoms with Crippen LogP contribution in [-0.4, -0.2) is 57.7 Å². The van der Waals surface area contributed by atoms with Crippen LogP contribution in [0.1, 0.15) is 24.5 Å². The van der Waals surface area contributed by atoms with Crippen molar-refractivity contribution in [2.24, 2.45) is 5.92 Å². The highest BCUT2D eigenvalue weighted by atomic mass is 35.5. The summed E-state index contributed by atoms with van der Waals surface area (Å²) in [6, 6.07) is 13.0. The van der Waals surface area contributed by atoms with Crippen molar-refractivity contribution in [3.8, 4) is 0 Å². The molecule has 2 aromatic carbocycles. The molecular weight excluding hydrogens is 513 g/mol. The van der Waals surface area contributed by atoms with Gasteiger partial charge < -0.3 is 29.1 Å². The number of carbonyl (C=O) groups is 2. The Balaban J connectivity index is 1.53. The lowest BCUT2D eigenvalue weighted by molar-refractivity contribution is -0.146. The molecule has 5 rings (SSSR count). The number of amides is 2. The second kappa shape index (κ2) is 9.78. The van der Waals surface area contributed by atoms with Gasteiger partial charge in [0.05, 0.1) is 24.9 Å². The number of aliphatic hydroxyl groups excluding tert-OH is 1. The van der Waals surface area contributed by atoms with Crippen LogP contribution in [0.3, 0.4) is 0 Å². The molecule has 3 heterocycles. The first-order valence-electron chi connectivity index (χ1n) is 12.8. The minimum atomic E-state index is -3.26. The summed E-state index contributed by atoms with van der Waals surface area (Å²) >= 11 is 6.40.